The topological polar surface area (TPSA) is 97.3 Å². The Kier molecular flexibility index (Phi) is 4.97. The van der Waals surface area contributed by atoms with Gasteiger partial charge in [0, 0.05) is 28.5 Å². The van der Waals surface area contributed by atoms with Crippen LogP contribution in [-0.2, 0) is 0 Å². The molecule has 3 aromatic heterocycles. The molecular weight excluding hydrogens is 408 g/mol. The third-order valence-corrected chi connectivity index (χ3v) is 5.80. The number of nitrogens with two attached hydrogens (primary N) is 1. The molecule has 0 spiro atoms. The smallest absolute Gasteiger partial charge is 0.255 e. The van der Waals surface area contributed by atoms with Gasteiger partial charge in [0.05, 0.1) is 17.6 Å². The summed E-state index contributed by atoms with van der Waals surface area (Å²) in [6, 6.07) is 13.2. The highest BCUT2D eigenvalue weighted by molar-refractivity contribution is 7.14. The standard InChI is InChI=1S/C23H20N6OS/c24-17-5-1-2-6-18(17)27-22(30)15-8-10-16(11-9-15)26-23-28-19(14-31-23)20-13-25-21-7-3-4-12-29(20)21/h2-4,6-14H,1,5,24H2,(H,26,28)(H,27,30). The van der Waals surface area contributed by atoms with Crippen molar-refractivity contribution in [2.24, 2.45) is 5.73 Å². The van der Waals surface area contributed by atoms with E-state index < -0.39 is 0 Å². The molecule has 0 unspecified atom stereocenters. The maximum absolute atomic E-state index is 12.5. The molecule has 0 saturated heterocycles. The van der Waals surface area contributed by atoms with Crippen LogP contribution in [0.25, 0.3) is 17.0 Å². The SMILES string of the molecule is NC1=C(NC(=O)c2ccc(Nc3nc(-c4cnc5ccccn45)cs3)cc2)C=CCC1. The number of thiazole rings is 1. The minimum absolute atomic E-state index is 0.180. The highest BCUT2D eigenvalue weighted by atomic mass is 32.1. The molecule has 7 nitrogen and oxygen atoms in total. The Bertz CT molecular complexity index is 1320. The quantitative estimate of drug-likeness (QED) is 0.436. The van der Waals surface area contributed by atoms with E-state index in [1.165, 1.54) is 11.3 Å². The van der Waals surface area contributed by atoms with E-state index in [4.69, 9.17) is 5.73 Å². The summed E-state index contributed by atoms with van der Waals surface area (Å²) < 4.78 is 2.01. The first-order chi connectivity index (χ1) is 15.2. The Labute approximate surface area is 183 Å². The van der Waals surface area contributed by atoms with Gasteiger partial charge in [-0.3, -0.25) is 9.20 Å². The van der Waals surface area contributed by atoms with E-state index in [9.17, 15) is 4.79 Å². The number of pyridine rings is 1. The molecule has 0 bridgehead atoms. The minimum atomic E-state index is -0.180. The van der Waals surface area contributed by atoms with Gasteiger partial charge in [-0.1, -0.05) is 12.1 Å². The van der Waals surface area contributed by atoms with Crippen LogP contribution in [0.2, 0.25) is 0 Å². The number of benzene rings is 1. The Morgan fingerprint density at radius 2 is 2.03 bits per heavy atom. The first-order valence-electron chi connectivity index (χ1n) is 9.89. The van der Waals surface area contributed by atoms with Crippen molar-refractivity contribution in [2.75, 3.05) is 5.32 Å². The van der Waals surface area contributed by atoms with Crippen LogP contribution >= 0.6 is 11.3 Å². The second-order valence-corrected chi connectivity index (χ2v) is 8.00. The number of carbonyl (C=O) groups excluding carboxylic acids is 1. The second kappa shape index (κ2) is 8.08. The zero-order valence-corrected chi connectivity index (χ0v) is 17.4. The molecule has 0 aliphatic heterocycles. The summed E-state index contributed by atoms with van der Waals surface area (Å²) >= 11 is 1.51. The minimum Gasteiger partial charge on any atom is -0.400 e. The van der Waals surface area contributed by atoms with Crippen molar-refractivity contribution in [1.82, 2.24) is 19.7 Å². The number of amides is 1. The van der Waals surface area contributed by atoms with Gasteiger partial charge in [0.1, 0.15) is 11.3 Å². The lowest BCUT2D eigenvalue weighted by Gasteiger charge is -2.13. The van der Waals surface area contributed by atoms with E-state index >= 15 is 0 Å². The van der Waals surface area contributed by atoms with E-state index in [1.54, 1.807) is 12.1 Å². The van der Waals surface area contributed by atoms with Crippen LogP contribution in [0, 0.1) is 0 Å². The van der Waals surface area contributed by atoms with E-state index in [0.29, 0.717) is 17.0 Å². The molecule has 0 radical (unpaired) electrons. The summed E-state index contributed by atoms with van der Waals surface area (Å²) in [5, 5.41) is 8.94. The maximum atomic E-state index is 12.5. The molecule has 1 aromatic carbocycles. The van der Waals surface area contributed by atoms with Gasteiger partial charge in [0.2, 0.25) is 0 Å². The number of hydrogen-bond acceptors (Lipinski definition) is 6. The van der Waals surface area contributed by atoms with Crippen LogP contribution in [0.3, 0.4) is 0 Å². The molecule has 0 atom stereocenters. The molecule has 31 heavy (non-hydrogen) atoms. The van der Waals surface area contributed by atoms with Crippen molar-refractivity contribution in [3.8, 4) is 11.4 Å². The number of aromatic nitrogens is 3. The van der Waals surface area contributed by atoms with Crippen LogP contribution in [0.5, 0.6) is 0 Å². The Morgan fingerprint density at radius 3 is 2.87 bits per heavy atom. The summed E-state index contributed by atoms with van der Waals surface area (Å²) in [5.74, 6) is -0.180. The lowest BCUT2D eigenvalue weighted by molar-refractivity contribution is 0.0966. The number of hydrogen-bond donors (Lipinski definition) is 3. The highest BCUT2D eigenvalue weighted by Gasteiger charge is 2.12. The van der Waals surface area contributed by atoms with Crippen molar-refractivity contribution in [3.63, 3.8) is 0 Å². The van der Waals surface area contributed by atoms with Crippen LogP contribution in [0.15, 0.2) is 83.8 Å². The molecule has 1 amide bonds. The zero-order valence-electron chi connectivity index (χ0n) is 16.6. The van der Waals surface area contributed by atoms with Crippen molar-refractivity contribution >= 4 is 33.7 Å². The van der Waals surface area contributed by atoms with E-state index in [-0.39, 0.29) is 5.91 Å². The number of imidazole rings is 1. The number of nitrogens with one attached hydrogen (secondary N) is 2. The molecule has 4 aromatic rings. The van der Waals surface area contributed by atoms with Crippen LogP contribution in [0.4, 0.5) is 10.8 Å². The molecule has 1 aliphatic carbocycles. The van der Waals surface area contributed by atoms with Gasteiger partial charge in [-0.2, -0.15) is 0 Å². The van der Waals surface area contributed by atoms with E-state index in [2.05, 4.69) is 20.6 Å². The molecular formula is C23H20N6OS. The zero-order chi connectivity index (χ0) is 21.2. The van der Waals surface area contributed by atoms with Crippen molar-refractivity contribution < 1.29 is 4.79 Å². The summed E-state index contributed by atoms with van der Waals surface area (Å²) in [7, 11) is 0. The van der Waals surface area contributed by atoms with Gasteiger partial charge < -0.3 is 16.4 Å². The number of carbonyl (C=O) groups is 1. The largest absolute Gasteiger partial charge is 0.400 e. The van der Waals surface area contributed by atoms with Crippen molar-refractivity contribution in [1.29, 1.82) is 0 Å². The molecule has 1 aliphatic rings. The van der Waals surface area contributed by atoms with Gasteiger partial charge in [-0.15, -0.1) is 11.3 Å². The fraction of sp³-hybridized carbons (Fsp3) is 0.0870. The first kappa shape index (κ1) is 19.1. The predicted molar refractivity (Wildman–Crippen MR) is 123 cm³/mol. The van der Waals surface area contributed by atoms with E-state index in [1.807, 2.05) is 64.7 Å². The molecule has 5 rings (SSSR count). The summed E-state index contributed by atoms with van der Waals surface area (Å²) in [4.78, 5) is 21.6. The number of allylic oxidation sites excluding steroid dienone is 3. The second-order valence-electron chi connectivity index (χ2n) is 7.15. The molecule has 4 N–H and O–H groups in total. The van der Waals surface area contributed by atoms with Gasteiger partial charge >= 0.3 is 0 Å². The summed E-state index contributed by atoms with van der Waals surface area (Å²) in [5.41, 5.74) is 11.5. The van der Waals surface area contributed by atoms with Gasteiger partial charge in [0.15, 0.2) is 5.13 Å². The third-order valence-electron chi connectivity index (χ3n) is 5.04. The van der Waals surface area contributed by atoms with Crippen molar-refractivity contribution in [3.05, 3.63) is 89.3 Å². The lowest BCUT2D eigenvalue weighted by atomic mass is 10.1. The Hall–Kier alpha value is -3.91. The first-order valence-corrected chi connectivity index (χ1v) is 10.8. The molecule has 0 fully saturated rings. The van der Waals surface area contributed by atoms with Crippen LogP contribution in [0.1, 0.15) is 23.2 Å². The van der Waals surface area contributed by atoms with Gasteiger partial charge in [-0.25, -0.2) is 9.97 Å². The Morgan fingerprint density at radius 1 is 1.16 bits per heavy atom. The molecule has 154 valence electrons. The Balaban J connectivity index is 1.28. The summed E-state index contributed by atoms with van der Waals surface area (Å²) in [6.07, 6.45) is 9.33. The number of nitrogens with zero attached hydrogens (tertiary/aromatic N) is 3. The summed E-state index contributed by atoms with van der Waals surface area (Å²) in [6.45, 7) is 0. The average Bonchev–Trinajstić information content (AvgIpc) is 3.42. The molecule has 3 heterocycles. The predicted octanol–water partition coefficient (Wildman–Crippen LogP) is 4.45. The monoisotopic (exact) mass is 428 g/mol. The highest BCUT2D eigenvalue weighted by Crippen LogP contribution is 2.28. The number of rotatable bonds is 5. The lowest BCUT2D eigenvalue weighted by Crippen LogP contribution is -2.25. The fourth-order valence-electron chi connectivity index (χ4n) is 3.40. The molecule has 0 saturated carbocycles. The number of anilines is 2. The van der Waals surface area contributed by atoms with Crippen LogP contribution in [-0.4, -0.2) is 20.3 Å². The molecule has 8 heteroatoms. The fourth-order valence-corrected chi connectivity index (χ4v) is 4.12. The average molecular weight is 429 g/mol. The normalized spacial score (nSPS) is 13.5. The van der Waals surface area contributed by atoms with Crippen molar-refractivity contribution in [2.45, 2.75) is 12.8 Å². The van der Waals surface area contributed by atoms with E-state index in [0.717, 1.165) is 40.7 Å². The van der Waals surface area contributed by atoms with Gasteiger partial charge in [-0.05, 0) is 55.3 Å². The third kappa shape index (κ3) is 3.93. The number of fused-ring (bicyclic) bond motifs is 1. The van der Waals surface area contributed by atoms with Crippen LogP contribution < -0.4 is 16.4 Å². The maximum Gasteiger partial charge on any atom is 0.255 e. The van der Waals surface area contributed by atoms with Gasteiger partial charge in [0.25, 0.3) is 5.91 Å².